The van der Waals surface area contributed by atoms with Gasteiger partial charge in [-0.05, 0) is 39.8 Å². The second-order valence-electron chi connectivity index (χ2n) is 5.36. The van der Waals surface area contributed by atoms with Gasteiger partial charge in [-0.1, -0.05) is 15.9 Å². The van der Waals surface area contributed by atoms with Crippen LogP contribution in [0.4, 0.5) is 4.79 Å². The summed E-state index contributed by atoms with van der Waals surface area (Å²) in [5.41, 5.74) is 3.59. The third-order valence-electron chi connectivity index (χ3n) is 2.55. The SMILES string of the molecule is [2H]C1(OCC)C=C2C(=CNN2C(=O)OC(C)(C)C)C=C1Br. The van der Waals surface area contributed by atoms with Crippen LogP contribution in [0.3, 0.4) is 0 Å². The lowest BCUT2D eigenvalue weighted by Gasteiger charge is -2.27. The molecule has 1 heterocycles. The summed E-state index contributed by atoms with van der Waals surface area (Å²) in [4.78, 5) is 12.2. The second-order valence-corrected chi connectivity index (χ2v) is 6.22. The van der Waals surface area contributed by atoms with Gasteiger partial charge in [-0.3, -0.25) is 5.43 Å². The van der Waals surface area contributed by atoms with E-state index in [1.807, 2.05) is 6.92 Å². The Labute approximate surface area is 128 Å². The number of carbonyl (C=O) groups excluding carboxylic acids is 1. The molecule has 1 amide bonds. The first-order valence-corrected chi connectivity index (χ1v) is 7.20. The molecule has 0 radical (unpaired) electrons. The molecule has 20 heavy (non-hydrogen) atoms. The molecular weight excluding hydrogens is 324 g/mol. The first-order valence-electron chi connectivity index (χ1n) is 6.90. The molecule has 5 nitrogen and oxygen atoms in total. The minimum Gasteiger partial charge on any atom is -0.442 e. The number of allylic oxidation sites excluding steroid dienone is 1. The van der Waals surface area contributed by atoms with Crippen molar-refractivity contribution in [3.63, 3.8) is 0 Å². The summed E-state index contributed by atoms with van der Waals surface area (Å²) in [6, 6.07) is 0. The van der Waals surface area contributed by atoms with Crippen molar-refractivity contribution in [2.45, 2.75) is 39.4 Å². The molecule has 0 bridgehead atoms. The smallest absolute Gasteiger partial charge is 0.433 e. The van der Waals surface area contributed by atoms with Gasteiger partial charge in [-0.2, -0.15) is 5.01 Å². The van der Waals surface area contributed by atoms with Gasteiger partial charge in [0.2, 0.25) is 0 Å². The first kappa shape index (κ1) is 13.7. The summed E-state index contributed by atoms with van der Waals surface area (Å²) in [5.74, 6) is 0. The predicted molar refractivity (Wildman–Crippen MR) is 79.8 cm³/mol. The van der Waals surface area contributed by atoms with E-state index < -0.39 is 17.8 Å². The van der Waals surface area contributed by atoms with Crippen molar-refractivity contribution in [3.05, 3.63) is 34.1 Å². The van der Waals surface area contributed by atoms with E-state index in [1.54, 1.807) is 39.1 Å². The van der Waals surface area contributed by atoms with E-state index in [1.165, 1.54) is 5.01 Å². The van der Waals surface area contributed by atoms with Crippen molar-refractivity contribution in [2.75, 3.05) is 6.61 Å². The summed E-state index contributed by atoms with van der Waals surface area (Å²) in [5, 5.41) is 1.28. The van der Waals surface area contributed by atoms with Crippen LogP contribution in [0.25, 0.3) is 0 Å². The van der Waals surface area contributed by atoms with Gasteiger partial charge in [0.15, 0.2) is 0 Å². The number of fused-ring (bicyclic) bond motifs is 1. The number of ether oxygens (including phenoxy) is 2. The molecule has 1 unspecified atom stereocenters. The van der Waals surface area contributed by atoms with Crippen molar-refractivity contribution in [1.82, 2.24) is 10.4 Å². The van der Waals surface area contributed by atoms with Gasteiger partial charge in [0.25, 0.3) is 0 Å². The lowest BCUT2D eigenvalue weighted by atomic mass is 10.1. The molecular formula is C14H19BrN2O3. The van der Waals surface area contributed by atoms with Crippen molar-refractivity contribution in [1.29, 1.82) is 0 Å². The molecule has 6 heteroatoms. The van der Waals surface area contributed by atoms with E-state index in [-0.39, 0.29) is 0 Å². The molecule has 1 N–H and O–H groups in total. The standard InChI is InChI=1S/C14H19BrN2O3/c1-5-19-12-7-11-9(6-10(12)15)8-16-17(11)13(18)20-14(2,3)4/h6-8,12,16H,5H2,1-4H3/i12D. The molecule has 2 rings (SSSR count). The number of hydrazine groups is 1. The largest absolute Gasteiger partial charge is 0.442 e. The van der Waals surface area contributed by atoms with Gasteiger partial charge >= 0.3 is 6.09 Å². The molecule has 0 saturated heterocycles. The Kier molecular flexibility index (Phi) is 3.85. The highest BCUT2D eigenvalue weighted by Crippen LogP contribution is 2.32. The maximum Gasteiger partial charge on any atom is 0.433 e. The Morgan fingerprint density at radius 1 is 1.60 bits per heavy atom. The highest BCUT2D eigenvalue weighted by molar-refractivity contribution is 9.11. The minimum absolute atomic E-state index is 0.384. The summed E-state index contributed by atoms with van der Waals surface area (Å²) in [6.07, 6.45) is 3.16. The normalized spacial score (nSPS) is 25.9. The fourth-order valence-electron chi connectivity index (χ4n) is 1.80. The minimum atomic E-state index is -1.34. The Morgan fingerprint density at radius 2 is 2.30 bits per heavy atom. The molecule has 1 aliphatic carbocycles. The molecule has 2 aliphatic rings. The third kappa shape index (κ3) is 3.24. The van der Waals surface area contributed by atoms with Crippen LogP contribution >= 0.6 is 15.9 Å². The zero-order valence-corrected chi connectivity index (χ0v) is 13.6. The van der Waals surface area contributed by atoms with E-state index >= 15 is 0 Å². The lowest BCUT2D eigenvalue weighted by molar-refractivity contribution is 0.0271. The van der Waals surface area contributed by atoms with Gasteiger partial charge in [0.05, 0.1) is 7.07 Å². The molecule has 0 saturated carbocycles. The molecule has 110 valence electrons. The van der Waals surface area contributed by atoms with Crippen molar-refractivity contribution in [2.24, 2.45) is 0 Å². The Bertz CT molecular complexity index is 551. The Hall–Kier alpha value is -1.27. The molecule has 0 aromatic rings. The maximum atomic E-state index is 12.2. The number of hydrogen-bond acceptors (Lipinski definition) is 4. The van der Waals surface area contributed by atoms with Crippen LogP contribution in [0.5, 0.6) is 0 Å². The molecule has 0 spiro atoms. The van der Waals surface area contributed by atoms with Crippen LogP contribution in [0.15, 0.2) is 34.1 Å². The topological polar surface area (TPSA) is 50.8 Å². The van der Waals surface area contributed by atoms with Crippen LogP contribution in [-0.2, 0) is 9.47 Å². The van der Waals surface area contributed by atoms with E-state index in [0.717, 1.165) is 5.57 Å². The zero-order chi connectivity index (χ0) is 15.8. The molecule has 0 aromatic carbocycles. The monoisotopic (exact) mass is 343 g/mol. The van der Waals surface area contributed by atoms with E-state index in [4.69, 9.17) is 10.8 Å². The second kappa shape index (κ2) is 5.61. The molecule has 0 fully saturated rings. The predicted octanol–water partition coefficient (Wildman–Crippen LogP) is 3.21. The average Bonchev–Trinajstić information content (AvgIpc) is 2.70. The number of amides is 1. The van der Waals surface area contributed by atoms with Gasteiger partial charge in [-0.25, -0.2) is 4.79 Å². The lowest BCUT2D eigenvalue weighted by Crippen LogP contribution is -2.40. The van der Waals surface area contributed by atoms with E-state index in [9.17, 15) is 4.79 Å². The van der Waals surface area contributed by atoms with Crippen LogP contribution in [0, 0.1) is 0 Å². The molecule has 1 atom stereocenters. The summed E-state index contributed by atoms with van der Waals surface area (Å²) in [7, 11) is 0. The summed E-state index contributed by atoms with van der Waals surface area (Å²) >= 11 is 3.35. The van der Waals surface area contributed by atoms with Gasteiger partial charge in [0, 0.05) is 22.9 Å². The number of rotatable bonds is 2. The highest BCUT2D eigenvalue weighted by atomic mass is 79.9. The van der Waals surface area contributed by atoms with E-state index in [0.29, 0.717) is 16.8 Å². The highest BCUT2D eigenvalue weighted by Gasteiger charge is 2.32. The van der Waals surface area contributed by atoms with E-state index in [2.05, 4.69) is 21.4 Å². The third-order valence-corrected chi connectivity index (χ3v) is 3.17. The number of nitrogens with zero attached hydrogens (tertiary/aromatic N) is 1. The zero-order valence-electron chi connectivity index (χ0n) is 13.0. The maximum absolute atomic E-state index is 12.2. The number of carbonyl (C=O) groups is 1. The fraction of sp³-hybridized carbons (Fsp3) is 0.500. The van der Waals surface area contributed by atoms with Gasteiger partial charge < -0.3 is 9.47 Å². The molecule has 1 aliphatic heterocycles. The van der Waals surface area contributed by atoms with Gasteiger partial charge in [-0.15, -0.1) is 0 Å². The quantitative estimate of drug-likeness (QED) is 0.836. The number of halogens is 1. The fourth-order valence-corrected chi connectivity index (χ4v) is 2.27. The Morgan fingerprint density at radius 3 is 2.90 bits per heavy atom. The number of nitrogens with one attached hydrogen (secondary N) is 1. The van der Waals surface area contributed by atoms with Crippen molar-refractivity contribution >= 4 is 22.0 Å². The van der Waals surface area contributed by atoms with Crippen LogP contribution in [0.2, 0.25) is 0 Å². The Balaban J connectivity index is 2.26. The van der Waals surface area contributed by atoms with Crippen LogP contribution < -0.4 is 5.43 Å². The molecule has 0 aromatic heterocycles. The van der Waals surface area contributed by atoms with Crippen molar-refractivity contribution in [3.8, 4) is 0 Å². The summed E-state index contributed by atoms with van der Waals surface area (Å²) < 4.78 is 19.7. The van der Waals surface area contributed by atoms with Gasteiger partial charge in [0.1, 0.15) is 11.7 Å². The first-order chi connectivity index (χ1) is 9.66. The van der Waals surface area contributed by atoms with Crippen LogP contribution in [0.1, 0.15) is 29.1 Å². The summed E-state index contributed by atoms with van der Waals surface area (Å²) in [6.45, 7) is 7.61. The van der Waals surface area contributed by atoms with Crippen molar-refractivity contribution < 1.29 is 15.6 Å². The van der Waals surface area contributed by atoms with Crippen LogP contribution in [-0.4, -0.2) is 29.4 Å². The average molecular weight is 344 g/mol. The number of hydrogen-bond donors (Lipinski definition) is 1.